The van der Waals surface area contributed by atoms with Gasteiger partial charge in [0.05, 0.1) is 21.5 Å². The van der Waals surface area contributed by atoms with E-state index in [-0.39, 0.29) is 21.2 Å². The highest BCUT2D eigenvalue weighted by Gasteiger charge is 2.20. The highest BCUT2D eigenvalue weighted by molar-refractivity contribution is 7.84. The first-order chi connectivity index (χ1) is 9.50. The van der Waals surface area contributed by atoms with E-state index in [0.717, 1.165) is 11.3 Å². The van der Waals surface area contributed by atoms with Gasteiger partial charge in [0.15, 0.2) is 0 Å². The Bertz CT molecular complexity index is 695. The largest absolute Gasteiger partial charge is 0.477 e. The summed E-state index contributed by atoms with van der Waals surface area (Å²) in [6.45, 7) is 0. The second-order valence-corrected chi connectivity index (χ2v) is 6.13. The van der Waals surface area contributed by atoms with Crippen molar-refractivity contribution in [2.45, 2.75) is 10.6 Å². The number of rotatable bonds is 5. The van der Waals surface area contributed by atoms with Crippen LogP contribution in [0.1, 0.15) is 15.2 Å². The van der Waals surface area contributed by atoms with Crippen LogP contribution in [0.15, 0.2) is 40.6 Å². The summed E-state index contributed by atoms with van der Waals surface area (Å²) in [4.78, 5) is 21.5. The molecule has 0 fully saturated rings. The zero-order chi connectivity index (χ0) is 14.7. The van der Waals surface area contributed by atoms with E-state index in [1.807, 2.05) is 0 Å². The van der Waals surface area contributed by atoms with E-state index in [1.165, 1.54) is 18.2 Å². The predicted molar refractivity (Wildman–Crippen MR) is 74.5 cm³/mol. The normalized spacial score (nSPS) is 12.0. The molecular formula is C12H9NO5S2. The summed E-state index contributed by atoms with van der Waals surface area (Å²) < 4.78 is 12.2. The summed E-state index contributed by atoms with van der Waals surface area (Å²) in [6.07, 6.45) is 0. The molecule has 1 aromatic heterocycles. The summed E-state index contributed by atoms with van der Waals surface area (Å²) in [5.41, 5.74) is 0.192. The average Bonchev–Trinajstić information content (AvgIpc) is 2.87. The van der Waals surface area contributed by atoms with Crippen LogP contribution in [-0.2, 0) is 16.6 Å². The third-order valence-electron chi connectivity index (χ3n) is 2.53. The summed E-state index contributed by atoms with van der Waals surface area (Å²) in [5.74, 6) is -1.15. The van der Waals surface area contributed by atoms with Crippen molar-refractivity contribution < 1.29 is 19.0 Å². The topological polar surface area (TPSA) is 97.5 Å². The van der Waals surface area contributed by atoms with Crippen LogP contribution in [-0.4, -0.2) is 20.2 Å². The molecule has 0 amide bonds. The van der Waals surface area contributed by atoms with Gasteiger partial charge in [-0.3, -0.25) is 14.3 Å². The minimum atomic E-state index is -1.67. The maximum Gasteiger partial charge on any atom is 0.346 e. The quantitative estimate of drug-likeness (QED) is 0.676. The van der Waals surface area contributed by atoms with Crippen LogP contribution in [0.3, 0.4) is 0 Å². The third-order valence-corrected chi connectivity index (χ3v) is 4.89. The maximum absolute atomic E-state index is 12.2. The van der Waals surface area contributed by atoms with Crippen molar-refractivity contribution >= 4 is 33.8 Å². The Labute approximate surface area is 120 Å². The van der Waals surface area contributed by atoms with Gasteiger partial charge in [-0.25, -0.2) is 4.79 Å². The van der Waals surface area contributed by atoms with Gasteiger partial charge in [-0.2, -0.15) is 0 Å². The molecule has 8 heteroatoms. The number of para-hydroxylation sites is 1. The SMILES string of the molecule is O=C(O)c1sccc1CS(=O)c1ccccc1[N+](=O)[O-]. The van der Waals surface area contributed by atoms with E-state index in [2.05, 4.69) is 0 Å². The molecule has 0 spiro atoms. The number of aromatic carboxylic acids is 1. The van der Waals surface area contributed by atoms with Gasteiger partial charge in [0.2, 0.25) is 0 Å². The van der Waals surface area contributed by atoms with E-state index < -0.39 is 21.7 Å². The molecule has 1 atom stereocenters. The van der Waals surface area contributed by atoms with E-state index in [0.29, 0.717) is 5.56 Å². The Hall–Kier alpha value is -2.06. The van der Waals surface area contributed by atoms with Gasteiger partial charge in [-0.05, 0) is 23.1 Å². The van der Waals surface area contributed by atoms with Gasteiger partial charge in [0.1, 0.15) is 9.77 Å². The lowest BCUT2D eigenvalue weighted by molar-refractivity contribution is -0.387. The number of carboxylic acid groups (broad SMARTS) is 1. The molecular weight excluding hydrogens is 302 g/mol. The van der Waals surface area contributed by atoms with Gasteiger partial charge in [-0.1, -0.05) is 12.1 Å². The second-order valence-electron chi connectivity index (χ2n) is 3.79. The molecule has 6 nitrogen and oxygen atoms in total. The predicted octanol–water partition coefficient (Wildman–Crippen LogP) is 2.66. The van der Waals surface area contributed by atoms with Crippen molar-refractivity contribution in [1.29, 1.82) is 0 Å². The number of carboxylic acids is 1. The lowest BCUT2D eigenvalue weighted by atomic mass is 10.3. The molecule has 2 aromatic rings. The molecule has 0 aliphatic heterocycles. The number of nitro groups is 1. The fourth-order valence-corrected chi connectivity index (χ4v) is 3.79. The monoisotopic (exact) mass is 311 g/mol. The Balaban J connectivity index is 2.31. The third kappa shape index (κ3) is 2.91. The molecule has 0 aliphatic rings. The van der Waals surface area contributed by atoms with Crippen molar-refractivity contribution in [3.8, 4) is 0 Å². The molecule has 1 aromatic carbocycles. The number of nitro benzene ring substituents is 1. The number of hydrogen-bond donors (Lipinski definition) is 1. The zero-order valence-electron chi connectivity index (χ0n) is 10.0. The van der Waals surface area contributed by atoms with Gasteiger partial charge in [-0.15, -0.1) is 11.3 Å². The van der Waals surface area contributed by atoms with Gasteiger partial charge in [0, 0.05) is 6.07 Å². The molecule has 1 unspecified atom stereocenters. The Morgan fingerprint density at radius 1 is 1.35 bits per heavy atom. The summed E-state index contributed by atoms with van der Waals surface area (Å²) in [5, 5.41) is 21.5. The molecule has 1 heterocycles. The van der Waals surface area contributed by atoms with E-state index >= 15 is 0 Å². The van der Waals surface area contributed by atoms with Crippen LogP contribution in [0.25, 0.3) is 0 Å². The number of thiophene rings is 1. The smallest absolute Gasteiger partial charge is 0.346 e. The maximum atomic E-state index is 12.2. The first kappa shape index (κ1) is 14.4. The van der Waals surface area contributed by atoms with Crippen LogP contribution in [0.4, 0.5) is 5.69 Å². The van der Waals surface area contributed by atoms with Crippen molar-refractivity contribution in [3.05, 3.63) is 56.3 Å². The van der Waals surface area contributed by atoms with Gasteiger partial charge < -0.3 is 5.11 Å². The minimum absolute atomic E-state index is 0.0595. The van der Waals surface area contributed by atoms with Crippen LogP contribution in [0.5, 0.6) is 0 Å². The van der Waals surface area contributed by atoms with Crippen molar-refractivity contribution in [2.24, 2.45) is 0 Å². The molecule has 1 N–H and O–H groups in total. The molecule has 0 saturated carbocycles. The molecule has 0 bridgehead atoms. The molecule has 20 heavy (non-hydrogen) atoms. The molecule has 0 radical (unpaired) electrons. The van der Waals surface area contributed by atoms with Crippen molar-refractivity contribution in [3.63, 3.8) is 0 Å². The highest BCUT2D eigenvalue weighted by atomic mass is 32.2. The molecule has 104 valence electrons. The number of nitrogens with zero attached hydrogens (tertiary/aromatic N) is 1. The molecule has 2 rings (SSSR count). The van der Waals surface area contributed by atoms with E-state index in [1.54, 1.807) is 17.5 Å². The number of benzene rings is 1. The summed E-state index contributed by atoms with van der Waals surface area (Å²) in [7, 11) is -1.67. The first-order valence-electron chi connectivity index (χ1n) is 5.42. The summed E-state index contributed by atoms with van der Waals surface area (Å²) in [6, 6.07) is 7.32. The van der Waals surface area contributed by atoms with Crippen LogP contribution in [0, 0.1) is 10.1 Å². The van der Waals surface area contributed by atoms with Crippen LogP contribution in [0.2, 0.25) is 0 Å². The molecule has 0 saturated heterocycles. The van der Waals surface area contributed by atoms with E-state index in [9.17, 15) is 19.1 Å². The number of hydrogen-bond acceptors (Lipinski definition) is 5. The van der Waals surface area contributed by atoms with Gasteiger partial charge in [0.25, 0.3) is 5.69 Å². The standard InChI is InChI=1S/C12H9NO5S2/c14-12(15)11-8(5-6-19-11)7-20(18)10-4-2-1-3-9(10)13(16)17/h1-6H,7H2,(H,14,15). The average molecular weight is 311 g/mol. The second kappa shape index (κ2) is 5.93. The first-order valence-corrected chi connectivity index (χ1v) is 7.62. The van der Waals surface area contributed by atoms with Crippen molar-refractivity contribution in [1.82, 2.24) is 0 Å². The van der Waals surface area contributed by atoms with Crippen LogP contribution < -0.4 is 0 Å². The highest BCUT2D eigenvalue weighted by Crippen LogP contribution is 2.26. The number of carbonyl (C=O) groups is 1. The lowest BCUT2D eigenvalue weighted by Crippen LogP contribution is -2.04. The van der Waals surface area contributed by atoms with Crippen molar-refractivity contribution in [2.75, 3.05) is 0 Å². The zero-order valence-corrected chi connectivity index (χ0v) is 11.6. The van der Waals surface area contributed by atoms with Gasteiger partial charge >= 0.3 is 5.97 Å². The fraction of sp³-hybridized carbons (Fsp3) is 0.0833. The molecule has 0 aliphatic carbocycles. The lowest BCUT2D eigenvalue weighted by Gasteiger charge is -2.03. The Kier molecular flexibility index (Phi) is 4.26. The Morgan fingerprint density at radius 2 is 2.05 bits per heavy atom. The Morgan fingerprint density at radius 3 is 2.70 bits per heavy atom. The summed E-state index contributed by atoms with van der Waals surface area (Å²) >= 11 is 1.04. The van der Waals surface area contributed by atoms with E-state index in [4.69, 9.17) is 5.11 Å². The van der Waals surface area contributed by atoms with Crippen LogP contribution >= 0.6 is 11.3 Å². The fourth-order valence-electron chi connectivity index (χ4n) is 1.66. The minimum Gasteiger partial charge on any atom is -0.477 e.